The number of aromatic nitrogens is 1. The van der Waals surface area contributed by atoms with E-state index in [-0.39, 0.29) is 0 Å². The molecule has 0 atom stereocenters. The second-order valence-corrected chi connectivity index (χ2v) is 3.76. The van der Waals surface area contributed by atoms with E-state index in [4.69, 9.17) is 11.6 Å². The molecule has 1 fully saturated rings. The number of ketones is 1. The number of rotatable bonds is 1. The summed E-state index contributed by atoms with van der Waals surface area (Å²) in [6.45, 7) is 1.51. The zero-order chi connectivity index (χ0) is 9.97. The van der Waals surface area contributed by atoms with Gasteiger partial charge in [-0.05, 0) is 6.07 Å². The summed E-state index contributed by atoms with van der Waals surface area (Å²) in [4.78, 5) is 17.2. The van der Waals surface area contributed by atoms with Crippen molar-refractivity contribution in [1.82, 2.24) is 4.98 Å². The summed E-state index contributed by atoms with van der Waals surface area (Å²) in [5, 5.41) is 0.703. The molecule has 14 heavy (non-hydrogen) atoms. The van der Waals surface area contributed by atoms with Crippen molar-refractivity contribution in [3.63, 3.8) is 0 Å². The molecule has 0 aromatic carbocycles. The van der Waals surface area contributed by atoms with E-state index in [0.29, 0.717) is 23.6 Å². The number of piperidine rings is 1. The van der Waals surface area contributed by atoms with Gasteiger partial charge in [0, 0.05) is 32.1 Å². The van der Waals surface area contributed by atoms with Crippen LogP contribution in [0.3, 0.4) is 0 Å². The maximum atomic E-state index is 11.0. The number of anilines is 1. The molecule has 2 rings (SSSR count). The van der Waals surface area contributed by atoms with Crippen LogP contribution in [0.2, 0.25) is 5.02 Å². The molecule has 0 aliphatic carbocycles. The first-order chi connectivity index (χ1) is 6.77. The molecule has 4 heteroatoms. The van der Waals surface area contributed by atoms with E-state index in [1.807, 2.05) is 0 Å². The van der Waals surface area contributed by atoms with Crippen LogP contribution >= 0.6 is 11.6 Å². The van der Waals surface area contributed by atoms with E-state index in [1.165, 1.54) is 0 Å². The van der Waals surface area contributed by atoms with Gasteiger partial charge in [-0.2, -0.15) is 0 Å². The fourth-order valence-electron chi connectivity index (χ4n) is 1.60. The molecule has 1 saturated heterocycles. The van der Waals surface area contributed by atoms with Crippen molar-refractivity contribution in [1.29, 1.82) is 0 Å². The van der Waals surface area contributed by atoms with Gasteiger partial charge in [-0.3, -0.25) is 9.78 Å². The van der Waals surface area contributed by atoms with Crippen LogP contribution in [-0.2, 0) is 4.79 Å². The van der Waals surface area contributed by atoms with Crippen LogP contribution < -0.4 is 4.90 Å². The lowest BCUT2D eigenvalue weighted by molar-refractivity contribution is -0.119. The van der Waals surface area contributed by atoms with Gasteiger partial charge in [-0.1, -0.05) is 11.6 Å². The van der Waals surface area contributed by atoms with Crippen LogP contribution in [0, 0.1) is 0 Å². The van der Waals surface area contributed by atoms with E-state index in [2.05, 4.69) is 9.88 Å². The van der Waals surface area contributed by atoms with Crippen molar-refractivity contribution in [2.75, 3.05) is 18.0 Å². The number of hydrogen-bond donors (Lipinski definition) is 0. The van der Waals surface area contributed by atoms with E-state index >= 15 is 0 Å². The van der Waals surface area contributed by atoms with Crippen LogP contribution in [0.4, 0.5) is 5.69 Å². The van der Waals surface area contributed by atoms with Gasteiger partial charge < -0.3 is 4.90 Å². The van der Waals surface area contributed by atoms with Crippen molar-refractivity contribution in [3.05, 3.63) is 23.5 Å². The highest BCUT2D eigenvalue weighted by Crippen LogP contribution is 2.25. The zero-order valence-corrected chi connectivity index (χ0v) is 8.50. The molecule has 0 spiro atoms. The molecule has 1 aliphatic rings. The van der Waals surface area contributed by atoms with E-state index in [9.17, 15) is 4.79 Å². The van der Waals surface area contributed by atoms with Gasteiger partial charge in [0.25, 0.3) is 0 Å². The maximum absolute atomic E-state index is 11.0. The molecular formula is C10H11ClN2O. The Morgan fingerprint density at radius 2 is 2.07 bits per heavy atom. The van der Waals surface area contributed by atoms with Gasteiger partial charge in [0.15, 0.2) is 0 Å². The fourth-order valence-corrected chi connectivity index (χ4v) is 1.82. The third-order valence-electron chi connectivity index (χ3n) is 2.41. The van der Waals surface area contributed by atoms with E-state index in [0.717, 1.165) is 18.8 Å². The van der Waals surface area contributed by atoms with Crippen LogP contribution in [0.25, 0.3) is 0 Å². The monoisotopic (exact) mass is 210 g/mol. The molecule has 74 valence electrons. The van der Waals surface area contributed by atoms with E-state index in [1.54, 1.807) is 18.5 Å². The van der Waals surface area contributed by atoms with Crippen molar-refractivity contribution in [3.8, 4) is 0 Å². The summed E-state index contributed by atoms with van der Waals surface area (Å²) in [5.41, 5.74) is 0.932. The molecule has 0 bridgehead atoms. The molecule has 3 nitrogen and oxygen atoms in total. The molecule has 1 aromatic heterocycles. The van der Waals surface area contributed by atoms with Crippen molar-refractivity contribution >= 4 is 23.1 Å². The van der Waals surface area contributed by atoms with E-state index < -0.39 is 0 Å². The topological polar surface area (TPSA) is 33.2 Å². The average molecular weight is 211 g/mol. The Balaban J connectivity index is 2.16. The predicted octanol–water partition coefficient (Wildman–Crippen LogP) is 1.90. The highest BCUT2D eigenvalue weighted by atomic mass is 35.5. The van der Waals surface area contributed by atoms with Gasteiger partial charge in [-0.25, -0.2) is 0 Å². The quantitative estimate of drug-likeness (QED) is 0.710. The standard InChI is InChI=1S/C10H11ClN2O/c11-9-1-4-12-7-10(9)13-5-2-8(14)3-6-13/h1,4,7H,2-3,5-6H2. The average Bonchev–Trinajstić information content (AvgIpc) is 2.20. The maximum Gasteiger partial charge on any atom is 0.136 e. The van der Waals surface area contributed by atoms with Crippen LogP contribution in [0.15, 0.2) is 18.5 Å². The lowest BCUT2D eigenvalue weighted by Gasteiger charge is -2.28. The molecule has 0 unspecified atom stereocenters. The minimum Gasteiger partial charge on any atom is -0.368 e. The molecule has 1 aromatic rings. The first kappa shape index (κ1) is 9.46. The summed E-state index contributed by atoms with van der Waals surface area (Å²) in [5.74, 6) is 0.335. The molecular weight excluding hydrogens is 200 g/mol. The fraction of sp³-hybridized carbons (Fsp3) is 0.400. The molecule has 0 radical (unpaired) electrons. The Morgan fingerprint density at radius 3 is 2.71 bits per heavy atom. The first-order valence-electron chi connectivity index (χ1n) is 4.63. The smallest absolute Gasteiger partial charge is 0.136 e. The third-order valence-corrected chi connectivity index (χ3v) is 2.73. The summed E-state index contributed by atoms with van der Waals surface area (Å²) in [7, 11) is 0. The van der Waals surface area contributed by atoms with Crippen LogP contribution in [0.1, 0.15) is 12.8 Å². The Labute approximate surface area is 87.7 Å². The highest BCUT2D eigenvalue weighted by molar-refractivity contribution is 6.33. The molecule has 0 amide bonds. The second-order valence-electron chi connectivity index (χ2n) is 3.35. The number of Topliss-reactive ketones (excluding diaryl/α,β-unsaturated/α-hetero) is 1. The summed E-state index contributed by atoms with van der Waals surface area (Å²) in [6.07, 6.45) is 4.65. The normalized spacial score (nSPS) is 17.2. The molecule has 1 aliphatic heterocycles. The minimum atomic E-state index is 0.335. The number of carbonyl (C=O) groups excluding carboxylic acids is 1. The largest absolute Gasteiger partial charge is 0.368 e. The van der Waals surface area contributed by atoms with Gasteiger partial charge in [0.2, 0.25) is 0 Å². The number of hydrogen-bond acceptors (Lipinski definition) is 3. The third kappa shape index (κ3) is 1.87. The van der Waals surface area contributed by atoms with Gasteiger partial charge >= 0.3 is 0 Å². The number of nitrogens with zero attached hydrogens (tertiary/aromatic N) is 2. The Bertz CT molecular complexity index is 344. The Kier molecular flexibility index (Phi) is 2.68. The van der Waals surface area contributed by atoms with Gasteiger partial charge in [-0.15, -0.1) is 0 Å². The number of halogens is 1. The van der Waals surface area contributed by atoms with Crippen molar-refractivity contribution < 1.29 is 4.79 Å². The molecule has 0 N–H and O–H groups in total. The Morgan fingerprint density at radius 1 is 1.36 bits per heavy atom. The van der Waals surface area contributed by atoms with Gasteiger partial charge in [0.1, 0.15) is 5.78 Å². The second kappa shape index (κ2) is 3.96. The zero-order valence-electron chi connectivity index (χ0n) is 7.74. The van der Waals surface area contributed by atoms with Crippen molar-refractivity contribution in [2.45, 2.75) is 12.8 Å². The first-order valence-corrected chi connectivity index (χ1v) is 5.01. The lowest BCUT2D eigenvalue weighted by Crippen LogP contribution is -2.33. The summed E-state index contributed by atoms with van der Waals surface area (Å²) < 4.78 is 0. The number of carbonyl (C=O) groups is 1. The molecule has 0 saturated carbocycles. The van der Waals surface area contributed by atoms with Crippen molar-refractivity contribution in [2.24, 2.45) is 0 Å². The van der Waals surface area contributed by atoms with Crippen LogP contribution in [0.5, 0.6) is 0 Å². The van der Waals surface area contributed by atoms with Crippen LogP contribution in [-0.4, -0.2) is 23.9 Å². The lowest BCUT2D eigenvalue weighted by atomic mass is 10.1. The predicted molar refractivity (Wildman–Crippen MR) is 55.7 cm³/mol. The SMILES string of the molecule is O=C1CCN(c2cnccc2Cl)CC1. The number of pyridine rings is 1. The Hall–Kier alpha value is -1.09. The highest BCUT2D eigenvalue weighted by Gasteiger charge is 2.17. The minimum absolute atomic E-state index is 0.335. The molecule has 2 heterocycles. The van der Waals surface area contributed by atoms with Gasteiger partial charge in [0.05, 0.1) is 16.9 Å². The summed E-state index contributed by atoms with van der Waals surface area (Å²) in [6, 6.07) is 1.77. The summed E-state index contributed by atoms with van der Waals surface area (Å²) >= 11 is 6.03.